The van der Waals surface area contributed by atoms with Crippen LogP contribution in [0.1, 0.15) is 29.5 Å². The van der Waals surface area contributed by atoms with Crippen molar-refractivity contribution in [2.24, 2.45) is 5.92 Å². The first kappa shape index (κ1) is 18.7. The van der Waals surface area contributed by atoms with Gasteiger partial charge in [0.25, 0.3) is 0 Å². The molecule has 0 bridgehead atoms. The van der Waals surface area contributed by atoms with Crippen LogP contribution >= 0.6 is 0 Å². The number of benzene rings is 2. The second-order valence-electron chi connectivity index (χ2n) is 7.70. The minimum Gasteiger partial charge on any atom is -0.342 e. The third-order valence-electron chi connectivity index (χ3n) is 5.94. The third-order valence-corrected chi connectivity index (χ3v) is 5.94. The summed E-state index contributed by atoms with van der Waals surface area (Å²) < 4.78 is 13.8. The van der Waals surface area contributed by atoms with E-state index in [-0.39, 0.29) is 30.0 Å². The second kappa shape index (κ2) is 8.13. The summed E-state index contributed by atoms with van der Waals surface area (Å²) in [6.07, 6.45) is 2.34. The number of hydrogen-bond donors (Lipinski definition) is 0. The van der Waals surface area contributed by atoms with Gasteiger partial charge in [0, 0.05) is 32.1 Å². The highest BCUT2D eigenvalue weighted by atomic mass is 19.1. The summed E-state index contributed by atoms with van der Waals surface area (Å²) in [5.74, 6) is -0.229. The highest BCUT2D eigenvalue weighted by Crippen LogP contribution is 2.25. The summed E-state index contributed by atoms with van der Waals surface area (Å²) in [7, 11) is 0. The molecule has 0 unspecified atom stereocenters. The molecule has 0 atom stereocenters. The Morgan fingerprint density at radius 1 is 0.893 bits per heavy atom. The number of piperidine rings is 1. The lowest BCUT2D eigenvalue weighted by atomic mass is 9.92. The van der Waals surface area contributed by atoms with E-state index in [1.54, 1.807) is 23.1 Å². The lowest BCUT2D eigenvalue weighted by molar-refractivity contribution is -0.141. The molecule has 0 aromatic heterocycles. The lowest BCUT2D eigenvalue weighted by Crippen LogP contribution is -2.46. The summed E-state index contributed by atoms with van der Waals surface area (Å²) in [5, 5.41) is 0. The van der Waals surface area contributed by atoms with Crippen molar-refractivity contribution in [2.75, 3.05) is 19.6 Å². The molecule has 2 amide bonds. The number of carbonyl (C=O) groups excluding carboxylic acids is 2. The zero-order chi connectivity index (χ0) is 19.5. The minimum absolute atomic E-state index is 0.0252. The van der Waals surface area contributed by atoms with Gasteiger partial charge in [-0.25, -0.2) is 4.39 Å². The van der Waals surface area contributed by atoms with E-state index < -0.39 is 0 Å². The highest BCUT2D eigenvalue weighted by Gasteiger charge is 2.31. The molecule has 1 fully saturated rings. The molecule has 2 aromatic rings. The molecule has 0 radical (unpaired) electrons. The van der Waals surface area contributed by atoms with Crippen molar-refractivity contribution >= 4 is 11.8 Å². The summed E-state index contributed by atoms with van der Waals surface area (Å²) >= 11 is 0. The van der Waals surface area contributed by atoms with E-state index >= 15 is 0 Å². The van der Waals surface area contributed by atoms with Crippen LogP contribution in [0.15, 0.2) is 48.5 Å². The largest absolute Gasteiger partial charge is 0.342 e. The van der Waals surface area contributed by atoms with Gasteiger partial charge in [-0.2, -0.15) is 0 Å². The number of carbonyl (C=O) groups is 2. The van der Waals surface area contributed by atoms with Crippen LogP contribution in [-0.4, -0.2) is 41.2 Å². The van der Waals surface area contributed by atoms with Crippen LogP contribution in [0, 0.1) is 11.7 Å². The Morgan fingerprint density at radius 3 is 2.32 bits per heavy atom. The summed E-state index contributed by atoms with van der Waals surface area (Å²) in [4.78, 5) is 29.2. The maximum Gasteiger partial charge on any atom is 0.227 e. The van der Waals surface area contributed by atoms with Gasteiger partial charge in [0.05, 0.1) is 6.42 Å². The average molecular weight is 380 g/mol. The van der Waals surface area contributed by atoms with Gasteiger partial charge in [-0.15, -0.1) is 0 Å². The van der Waals surface area contributed by atoms with Crippen molar-refractivity contribution < 1.29 is 14.0 Å². The SMILES string of the molecule is O=C(Cc1ccccc1F)N1CCC(C(=O)N2CCc3ccccc3C2)CC1. The van der Waals surface area contributed by atoms with Crippen molar-refractivity contribution in [2.45, 2.75) is 32.2 Å². The lowest BCUT2D eigenvalue weighted by Gasteiger charge is -2.36. The normalized spacial score (nSPS) is 17.3. The molecule has 0 spiro atoms. The van der Waals surface area contributed by atoms with Gasteiger partial charge in [-0.3, -0.25) is 9.59 Å². The van der Waals surface area contributed by atoms with Crippen molar-refractivity contribution in [3.63, 3.8) is 0 Å². The molecule has 2 aliphatic rings. The molecule has 146 valence electrons. The fraction of sp³-hybridized carbons (Fsp3) is 0.391. The summed E-state index contributed by atoms with van der Waals surface area (Å²) in [5.41, 5.74) is 3.00. The molecule has 0 aliphatic carbocycles. The van der Waals surface area contributed by atoms with E-state index in [4.69, 9.17) is 0 Å². The van der Waals surface area contributed by atoms with Crippen molar-refractivity contribution in [1.29, 1.82) is 0 Å². The zero-order valence-corrected chi connectivity index (χ0v) is 15.9. The molecular weight excluding hydrogens is 355 g/mol. The number of nitrogens with zero attached hydrogens (tertiary/aromatic N) is 2. The number of likely N-dealkylation sites (tertiary alicyclic amines) is 1. The number of fused-ring (bicyclic) bond motifs is 1. The Morgan fingerprint density at radius 2 is 1.57 bits per heavy atom. The molecule has 2 aromatic carbocycles. The molecule has 1 saturated heterocycles. The number of amides is 2. The second-order valence-corrected chi connectivity index (χ2v) is 7.70. The number of hydrogen-bond acceptors (Lipinski definition) is 2. The van der Waals surface area contributed by atoms with Crippen LogP contribution in [0.4, 0.5) is 4.39 Å². The quantitative estimate of drug-likeness (QED) is 0.821. The molecule has 2 heterocycles. The van der Waals surface area contributed by atoms with Crippen molar-refractivity contribution in [3.05, 3.63) is 71.0 Å². The molecule has 0 saturated carbocycles. The molecule has 5 heteroatoms. The Hall–Kier alpha value is -2.69. The Bertz CT molecular complexity index is 874. The van der Waals surface area contributed by atoms with E-state index in [0.717, 1.165) is 13.0 Å². The first-order chi connectivity index (χ1) is 13.6. The van der Waals surface area contributed by atoms with Crippen LogP contribution in [0.25, 0.3) is 0 Å². The Labute approximate surface area is 164 Å². The zero-order valence-electron chi connectivity index (χ0n) is 15.9. The average Bonchev–Trinajstić information content (AvgIpc) is 2.74. The van der Waals surface area contributed by atoms with Gasteiger partial charge in [-0.1, -0.05) is 42.5 Å². The third kappa shape index (κ3) is 3.93. The number of rotatable bonds is 3. The van der Waals surface area contributed by atoms with Gasteiger partial charge in [-0.05, 0) is 42.0 Å². The monoisotopic (exact) mass is 380 g/mol. The van der Waals surface area contributed by atoms with E-state index in [9.17, 15) is 14.0 Å². The van der Waals surface area contributed by atoms with Gasteiger partial charge in [0.1, 0.15) is 5.82 Å². The highest BCUT2D eigenvalue weighted by molar-refractivity contribution is 5.81. The molecular formula is C23H25FN2O2. The Balaban J connectivity index is 1.31. The van der Waals surface area contributed by atoms with E-state index in [1.165, 1.54) is 17.2 Å². The van der Waals surface area contributed by atoms with Crippen LogP contribution in [0.3, 0.4) is 0 Å². The Kier molecular flexibility index (Phi) is 5.42. The van der Waals surface area contributed by atoms with E-state index in [0.29, 0.717) is 38.0 Å². The fourth-order valence-electron chi connectivity index (χ4n) is 4.23. The van der Waals surface area contributed by atoms with Crippen LogP contribution in [-0.2, 0) is 29.0 Å². The van der Waals surface area contributed by atoms with Gasteiger partial charge in [0.15, 0.2) is 0 Å². The standard InChI is InChI=1S/C23H25FN2O2/c24-21-8-4-3-6-19(21)15-22(27)25-12-10-18(11-13-25)23(28)26-14-9-17-5-1-2-7-20(17)16-26/h1-8,18H,9-16H2. The maximum absolute atomic E-state index is 13.8. The molecule has 2 aliphatic heterocycles. The predicted molar refractivity (Wildman–Crippen MR) is 105 cm³/mol. The van der Waals surface area contributed by atoms with Gasteiger partial charge >= 0.3 is 0 Å². The summed E-state index contributed by atoms with van der Waals surface area (Å²) in [6, 6.07) is 14.7. The van der Waals surface area contributed by atoms with Crippen LogP contribution in [0.5, 0.6) is 0 Å². The van der Waals surface area contributed by atoms with Crippen LogP contribution in [0.2, 0.25) is 0 Å². The molecule has 4 rings (SSSR count). The molecule has 0 N–H and O–H groups in total. The minimum atomic E-state index is -0.341. The van der Waals surface area contributed by atoms with Gasteiger partial charge < -0.3 is 9.80 Å². The van der Waals surface area contributed by atoms with Crippen molar-refractivity contribution in [3.8, 4) is 0 Å². The maximum atomic E-state index is 13.8. The van der Waals surface area contributed by atoms with Crippen molar-refractivity contribution in [1.82, 2.24) is 9.80 Å². The summed E-state index contributed by atoms with van der Waals surface area (Å²) in [6.45, 7) is 2.58. The number of halogens is 1. The smallest absolute Gasteiger partial charge is 0.227 e. The van der Waals surface area contributed by atoms with Crippen LogP contribution < -0.4 is 0 Å². The van der Waals surface area contributed by atoms with E-state index in [1.807, 2.05) is 17.0 Å². The van der Waals surface area contributed by atoms with E-state index in [2.05, 4.69) is 12.1 Å². The first-order valence-electron chi connectivity index (χ1n) is 9.98. The van der Waals surface area contributed by atoms with Gasteiger partial charge in [0.2, 0.25) is 11.8 Å². The molecule has 28 heavy (non-hydrogen) atoms. The fourth-order valence-corrected chi connectivity index (χ4v) is 4.23. The molecule has 4 nitrogen and oxygen atoms in total. The first-order valence-corrected chi connectivity index (χ1v) is 9.98. The topological polar surface area (TPSA) is 40.6 Å². The predicted octanol–water partition coefficient (Wildman–Crippen LogP) is 3.19.